The number of carboxylic acid groups (broad SMARTS) is 1. The highest BCUT2D eigenvalue weighted by Gasteiger charge is 2.51. The first-order chi connectivity index (χ1) is 9.04. The number of aliphatic carboxylic acids is 1. The quantitative estimate of drug-likeness (QED) is 0.808. The van der Waals surface area contributed by atoms with Gasteiger partial charge in [-0.3, -0.25) is 4.79 Å². The van der Waals surface area contributed by atoms with Crippen LogP contribution in [0.2, 0.25) is 0 Å². The number of urea groups is 1. The zero-order valence-electron chi connectivity index (χ0n) is 11.5. The number of hydrogen-bond donors (Lipinski definition) is 2. The molecule has 2 bridgehead atoms. The van der Waals surface area contributed by atoms with Gasteiger partial charge in [-0.15, -0.1) is 0 Å². The molecule has 0 spiro atoms. The van der Waals surface area contributed by atoms with Crippen molar-refractivity contribution in [3.63, 3.8) is 0 Å². The molecule has 2 amide bonds. The highest BCUT2D eigenvalue weighted by molar-refractivity contribution is 7.99. The second-order valence-electron chi connectivity index (χ2n) is 5.45. The zero-order chi connectivity index (χ0) is 14.0. The lowest BCUT2D eigenvalue weighted by Crippen LogP contribution is -2.44. The predicted molar refractivity (Wildman–Crippen MR) is 75.4 cm³/mol. The maximum Gasteiger partial charge on any atom is 0.317 e. The second-order valence-corrected chi connectivity index (χ2v) is 6.73. The minimum absolute atomic E-state index is 0.0791. The summed E-state index contributed by atoms with van der Waals surface area (Å²) in [5.74, 6) is -1.13. The number of carbonyl (C=O) groups is 2. The van der Waals surface area contributed by atoms with Crippen molar-refractivity contribution in [1.82, 2.24) is 10.2 Å². The molecule has 2 aliphatic rings. The molecule has 2 fully saturated rings. The van der Waals surface area contributed by atoms with Gasteiger partial charge >= 0.3 is 12.0 Å². The molecule has 6 heteroatoms. The van der Waals surface area contributed by atoms with Crippen LogP contribution in [0.1, 0.15) is 32.6 Å². The molecule has 108 valence electrons. The Balaban J connectivity index is 1.85. The van der Waals surface area contributed by atoms with Crippen LogP contribution >= 0.6 is 11.8 Å². The fourth-order valence-electron chi connectivity index (χ4n) is 3.16. The molecule has 19 heavy (non-hydrogen) atoms. The van der Waals surface area contributed by atoms with Gasteiger partial charge in [0.15, 0.2) is 0 Å². The van der Waals surface area contributed by atoms with E-state index in [4.69, 9.17) is 5.11 Å². The van der Waals surface area contributed by atoms with E-state index in [9.17, 15) is 9.59 Å². The van der Waals surface area contributed by atoms with Crippen molar-refractivity contribution in [2.24, 2.45) is 5.92 Å². The minimum Gasteiger partial charge on any atom is -0.481 e. The first-order valence-electron chi connectivity index (χ1n) is 6.86. The summed E-state index contributed by atoms with van der Waals surface area (Å²) in [6.07, 6.45) is 5.40. The molecule has 2 N–H and O–H groups in total. The highest BCUT2D eigenvalue weighted by atomic mass is 32.2. The molecule has 4 atom stereocenters. The van der Waals surface area contributed by atoms with Crippen LogP contribution in [-0.4, -0.2) is 52.1 Å². The van der Waals surface area contributed by atoms with Gasteiger partial charge in [0.1, 0.15) is 0 Å². The fourth-order valence-corrected chi connectivity index (χ4v) is 3.52. The average Bonchev–Trinajstić information content (AvgIpc) is 2.95. The number of amides is 2. The number of carbonyl (C=O) groups excluding carboxylic acids is 1. The topological polar surface area (TPSA) is 69.6 Å². The van der Waals surface area contributed by atoms with E-state index in [1.165, 1.54) is 0 Å². The maximum absolute atomic E-state index is 12.2. The molecule has 2 saturated heterocycles. The Morgan fingerprint density at radius 3 is 2.79 bits per heavy atom. The molecule has 2 rings (SSSR count). The van der Waals surface area contributed by atoms with Gasteiger partial charge in [-0.25, -0.2) is 4.79 Å². The van der Waals surface area contributed by atoms with E-state index < -0.39 is 5.97 Å². The normalized spacial score (nSPS) is 30.4. The molecule has 2 heterocycles. The first-order valence-corrected chi connectivity index (χ1v) is 8.15. The lowest BCUT2D eigenvalue weighted by atomic mass is 9.89. The number of nitrogens with one attached hydrogen (secondary N) is 1. The Bertz CT molecular complexity index is 364. The van der Waals surface area contributed by atoms with Crippen LogP contribution in [0.5, 0.6) is 0 Å². The number of hydrogen-bond acceptors (Lipinski definition) is 3. The Hall–Kier alpha value is -0.910. The highest BCUT2D eigenvalue weighted by Crippen LogP contribution is 2.41. The molecule has 0 aromatic carbocycles. The fraction of sp³-hybridized carbons (Fsp3) is 0.846. The first kappa shape index (κ1) is 14.5. The summed E-state index contributed by atoms with van der Waals surface area (Å²) in [6, 6.07) is -0.0471. The third kappa shape index (κ3) is 2.99. The van der Waals surface area contributed by atoms with E-state index in [0.29, 0.717) is 18.2 Å². The van der Waals surface area contributed by atoms with Gasteiger partial charge in [0, 0.05) is 23.9 Å². The zero-order valence-corrected chi connectivity index (χ0v) is 12.3. The van der Waals surface area contributed by atoms with Crippen molar-refractivity contribution in [1.29, 1.82) is 0 Å². The standard InChI is InChI=1S/C13H22N2O3S/c1-8(19-2)5-6-14-13(18)15-9-3-4-11(15)10(7-9)12(16)17/h8-11H,3-7H2,1-2H3,(H,14,18)(H,16,17). The Kier molecular flexibility index (Phi) is 4.60. The van der Waals surface area contributed by atoms with Gasteiger partial charge < -0.3 is 15.3 Å². The largest absolute Gasteiger partial charge is 0.481 e. The van der Waals surface area contributed by atoms with Crippen molar-refractivity contribution >= 4 is 23.8 Å². The molecule has 0 aromatic heterocycles. The average molecular weight is 286 g/mol. The van der Waals surface area contributed by atoms with Gasteiger partial charge in [0.2, 0.25) is 0 Å². The minimum atomic E-state index is -0.763. The van der Waals surface area contributed by atoms with E-state index in [-0.39, 0.29) is 24.0 Å². The van der Waals surface area contributed by atoms with Gasteiger partial charge in [-0.1, -0.05) is 6.92 Å². The molecule has 0 radical (unpaired) electrons. The van der Waals surface area contributed by atoms with Crippen molar-refractivity contribution in [3.8, 4) is 0 Å². The summed E-state index contributed by atoms with van der Waals surface area (Å²) < 4.78 is 0. The summed E-state index contributed by atoms with van der Waals surface area (Å²) in [5.41, 5.74) is 0. The van der Waals surface area contributed by atoms with Crippen LogP contribution in [0.4, 0.5) is 4.79 Å². The van der Waals surface area contributed by atoms with Crippen molar-refractivity contribution < 1.29 is 14.7 Å². The van der Waals surface area contributed by atoms with Crippen LogP contribution in [-0.2, 0) is 4.79 Å². The second kappa shape index (κ2) is 6.03. The van der Waals surface area contributed by atoms with Crippen molar-refractivity contribution in [2.75, 3.05) is 12.8 Å². The molecule has 4 unspecified atom stereocenters. The van der Waals surface area contributed by atoms with Crippen molar-refractivity contribution in [2.45, 2.75) is 49.9 Å². The summed E-state index contributed by atoms with van der Waals surface area (Å²) >= 11 is 1.78. The molecule has 0 saturated carbocycles. The molecular formula is C13H22N2O3S. The van der Waals surface area contributed by atoms with Crippen LogP contribution in [0, 0.1) is 5.92 Å². The van der Waals surface area contributed by atoms with Crippen LogP contribution < -0.4 is 5.32 Å². The maximum atomic E-state index is 12.2. The van der Waals surface area contributed by atoms with E-state index in [1.54, 1.807) is 16.7 Å². The van der Waals surface area contributed by atoms with Crippen molar-refractivity contribution in [3.05, 3.63) is 0 Å². The van der Waals surface area contributed by atoms with Gasteiger partial charge in [0.25, 0.3) is 0 Å². The van der Waals surface area contributed by atoms with E-state index in [0.717, 1.165) is 19.3 Å². The predicted octanol–water partition coefficient (Wildman–Crippen LogP) is 1.78. The Morgan fingerprint density at radius 1 is 1.47 bits per heavy atom. The number of fused-ring (bicyclic) bond motifs is 2. The number of carboxylic acids is 1. The number of thioether (sulfide) groups is 1. The lowest BCUT2D eigenvalue weighted by molar-refractivity contribution is -0.142. The summed E-state index contributed by atoms with van der Waals surface area (Å²) in [6.45, 7) is 2.80. The third-order valence-electron chi connectivity index (χ3n) is 4.32. The molecule has 2 aliphatic heterocycles. The van der Waals surface area contributed by atoms with E-state index >= 15 is 0 Å². The smallest absolute Gasteiger partial charge is 0.317 e. The molecule has 0 aliphatic carbocycles. The third-order valence-corrected chi connectivity index (χ3v) is 5.36. The lowest BCUT2D eigenvalue weighted by Gasteiger charge is -2.23. The van der Waals surface area contributed by atoms with Crippen LogP contribution in [0.15, 0.2) is 0 Å². The van der Waals surface area contributed by atoms with Crippen LogP contribution in [0.25, 0.3) is 0 Å². The van der Waals surface area contributed by atoms with E-state index in [1.807, 2.05) is 0 Å². The van der Waals surface area contributed by atoms with Gasteiger partial charge in [0.05, 0.1) is 5.92 Å². The number of nitrogens with zero attached hydrogens (tertiary/aromatic N) is 1. The monoisotopic (exact) mass is 286 g/mol. The number of rotatable bonds is 5. The SMILES string of the molecule is CSC(C)CCNC(=O)N1C2CCC1C(C(=O)O)C2. The Labute approximate surface area is 118 Å². The Morgan fingerprint density at radius 2 is 2.21 bits per heavy atom. The molecule has 5 nitrogen and oxygen atoms in total. The van der Waals surface area contributed by atoms with Crippen LogP contribution in [0.3, 0.4) is 0 Å². The van der Waals surface area contributed by atoms with E-state index in [2.05, 4.69) is 18.5 Å². The summed E-state index contributed by atoms with van der Waals surface area (Å²) in [4.78, 5) is 25.1. The van der Waals surface area contributed by atoms with Gasteiger partial charge in [-0.05, 0) is 31.9 Å². The summed E-state index contributed by atoms with van der Waals surface area (Å²) in [5, 5.41) is 12.6. The molecule has 0 aromatic rings. The molecular weight excluding hydrogens is 264 g/mol. The summed E-state index contributed by atoms with van der Waals surface area (Å²) in [7, 11) is 0. The van der Waals surface area contributed by atoms with Gasteiger partial charge in [-0.2, -0.15) is 11.8 Å².